The van der Waals surface area contributed by atoms with Crippen molar-refractivity contribution >= 4 is 29.7 Å². The molecule has 0 aliphatic carbocycles. The van der Waals surface area contributed by atoms with Gasteiger partial charge in [0.25, 0.3) is 0 Å². The zero-order chi connectivity index (χ0) is 12.8. The Hall–Kier alpha value is -0.580. The second-order valence-electron chi connectivity index (χ2n) is 4.67. The molecule has 18 heavy (non-hydrogen) atoms. The van der Waals surface area contributed by atoms with Gasteiger partial charge in [0, 0.05) is 11.4 Å². The fraction of sp³-hybridized carbons (Fsp3) is 0.615. The summed E-state index contributed by atoms with van der Waals surface area (Å²) >= 11 is 1.67. The molecule has 0 unspecified atom stereocenters. The quantitative estimate of drug-likeness (QED) is 0.876. The topological polar surface area (TPSA) is 46.3 Å². The molecule has 1 heterocycles. The maximum absolute atomic E-state index is 12.1. The molecule has 3 nitrogen and oxygen atoms in total. The fourth-order valence-electron chi connectivity index (χ4n) is 1.78. The minimum absolute atomic E-state index is 0. The lowest BCUT2D eigenvalue weighted by Gasteiger charge is -2.24. The Balaban J connectivity index is 0.00000289. The number of rotatable bonds is 6. The third-order valence-corrected chi connectivity index (χ3v) is 3.52. The van der Waals surface area contributed by atoms with Gasteiger partial charge in [0.1, 0.15) is 0 Å². The van der Waals surface area contributed by atoms with E-state index < -0.39 is 0 Å². The summed E-state index contributed by atoms with van der Waals surface area (Å²) in [4.78, 5) is 15.2. The lowest BCUT2D eigenvalue weighted by Crippen LogP contribution is -2.43. The predicted octanol–water partition coefficient (Wildman–Crippen LogP) is 2.89. The molecule has 0 saturated carbocycles. The summed E-state index contributed by atoms with van der Waals surface area (Å²) in [6, 6.07) is 3.69. The van der Waals surface area contributed by atoms with E-state index >= 15 is 0 Å². The maximum atomic E-state index is 12.1. The van der Waals surface area contributed by atoms with Gasteiger partial charge in [-0.05, 0) is 30.7 Å². The van der Waals surface area contributed by atoms with Gasteiger partial charge in [-0.3, -0.25) is 4.79 Å². The molecule has 0 saturated heterocycles. The van der Waals surface area contributed by atoms with E-state index in [4.69, 9.17) is 5.73 Å². The second kappa shape index (κ2) is 8.51. The molecule has 1 rings (SSSR count). The normalized spacial score (nSPS) is 12.1. The Labute approximate surface area is 120 Å². The SMILES string of the molecule is CCN(Cc1cccs1)C(=O)[C@@H](N)CC(C)C.Cl. The number of carbonyl (C=O) groups excluding carboxylic acids is 1. The molecule has 5 heteroatoms. The smallest absolute Gasteiger partial charge is 0.239 e. The molecule has 1 amide bonds. The van der Waals surface area contributed by atoms with Crippen molar-refractivity contribution in [2.75, 3.05) is 6.54 Å². The number of amides is 1. The Morgan fingerprint density at radius 1 is 1.50 bits per heavy atom. The zero-order valence-electron chi connectivity index (χ0n) is 11.3. The van der Waals surface area contributed by atoms with Crippen LogP contribution in [0.1, 0.15) is 32.1 Å². The second-order valence-corrected chi connectivity index (χ2v) is 5.70. The van der Waals surface area contributed by atoms with E-state index in [1.54, 1.807) is 11.3 Å². The molecule has 1 atom stereocenters. The van der Waals surface area contributed by atoms with Crippen LogP contribution in [-0.4, -0.2) is 23.4 Å². The van der Waals surface area contributed by atoms with Crippen molar-refractivity contribution in [3.63, 3.8) is 0 Å². The Kier molecular flexibility index (Phi) is 8.24. The van der Waals surface area contributed by atoms with Gasteiger partial charge in [-0.1, -0.05) is 19.9 Å². The van der Waals surface area contributed by atoms with Crippen molar-refractivity contribution in [1.29, 1.82) is 0 Å². The molecule has 104 valence electrons. The summed E-state index contributed by atoms with van der Waals surface area (Å²) < 4.78 is 0. The highest BCUT2D eigenvalue weighted by Crippen LogP contribution is 2.13. The maximum Gasteiger partial charge on any atom is 0.239 e. The first kappa shape index (κ1) is 17.4. The van der Waals surface area contributed by atoms with Crippen LogP contribution < -0.4 is 5.73 Å². The number of likely N-dealkylation sites (N-methyl/N-ethyl adjacent to an activating group) is 1. The van der Waals surface area contributed by atoms with Crippen molar-refractivity contribution in [2.45, 2.75) is 39.8 Å². The Bertz CT molecular complexity index is 341. The van der Waals surface area contributed by atoms with Gasteiger partial charge in [-0.25, -0.2) is 0 Å². The van der Waals surface area contributed by atoms with Gasteiger partial charge in [0.05, 0.1) is 12.6 Å². The van der Waals surface area contributed by atoms with Gasteiger partial charge >= 0.3 is 0 Å². The summed E-state index contributed by atoms with van der Waals surface area (Å²) in [5, 5.41) is 2.03. The van der Waals surface area contributed by atoms with Crippen LogP contribution in [-0.2, 0) is 11.3 Å². The lowest BCUT2D eigenvalue weighted by atomic mass is 10.0. The van der Waals surface area contributed by atoms with E-state index in [1.165, 1.54) is 4.88 Å². The number of carbonyl (C=O) groups is 1. The average molecular weight is 291 g/mol. The Morgan fingerprint density at radius 3 is 2.61 bits per heavy atom. The van der Waals surface area contributed by atoms with Gasteiger partial charge in [-0.2, -0.15) is 0 Å². The highest BCUT2D eigenvalue weighted by Gasteiger charge is 2.20. The molecule has 0 radical (unpaired) electrons. The van der Waals surface area contributed by atoms with Crippen LogP contribution in [0.5, 0.6) is 0 Å². The first-order chi connectivity index (χ1) is 8.04. The van der Waals surface area contributed by atoms with E-state index in [9.17, 15) is 4.79 Å². The molecule has 0 aliphatic rings. The third-order valence-electron chi connectivity index (χ3n) is 2.66. The molecule has 1 aromatic heterocycles. The molecule has 0 spiro atoms. The predicted molar refractivity (Wildman–Crippen MR) is 80.1 cm³/mol. The van der Waals surface area contributed by atoms with E-state index in [-0.39, 0.29) is 24.4 Å². The number of halogens is 1. The van der Waals surface area contributed by atoms with Gasteiger partial charge < -0.3 is 10.6 Å². The number of nitrogens with two attached hydrogens (primary N) is 1. The van der Waals surface area contributed by atoms with Crippen LogP contribution in [0.15, 0.2) is 17.5 Å². The first-order valence-electron chi connectivity index (χ1n) is 6.11. The zero-order valence-corrected chi connectivity index (χ0v) is 12.9. The van der Waals surface area contributed by atoms with E-state index in [0.717, 1.165) is 6.42 Å². The van der Waals surface area contributed by atoms with Crippen molar-refractivity contribution in [2.24, 2.45) is 11.7 Å². The molecular weight excluding hydrogens is 268 g/mol. The number of nitrogens with zero attached hydrogens (tertiary/aromatic N) is 1. The molecule has 0 aromatic carbocycles. The summed E-state index contributed by atoms with van der Waals surface area (Å²) in [6.45, 7) is 7.56. The standard InChI is InChI=1S/C13H22N2OS.ClH/c1-4-15(9-11-6-5-7-17-11)13(16)12(14)8-10(2)3;/h5-7,10,12H,4,8-9,14H2,1-3H3;1H/t12-;/m0./s1. The van der Waals surface area contributed by atoms with Crippen LogP contribution in [0.25, 0.3) is 0 Å². The number of hydrogen-bond acceptors (Lipinski definition) is 3. The molecule has 0 bridgehead atoms. The summed E-state index contributed by atoms with van der Waals surface area (Å²) in [6.07, 6.45) is 0.750. The van der Waals surface area contributed by atoms with Crippen LogP contribution in [0, 0.1) is 5.92 Å². The molecule has 1 aromatic rings. The number of thiophene rings is 1. The van der Waals surface area contributed by atoms with Gasteiger partial charge in [0.2, 0.25) is 5.91 Å². The average Bonchev–Trinajstić information content (AvgIpc) is 2.76. The van der Waals surface area contributed by atoms with Crippen LogP contribution >= 0.6 is 23.7 Å². The van der Waals surface area contributed by atoms with E-state index in [0.29, 0.717) is 19.0 Å². The molecule has 2 N–H and O–H groups in total. The minimum Gasteiger partial charge on any atom is -0.336 e. The summed E-state index contributed by atoms with van der Waals surface area (Å²) in [5.41, 5.74) is 5.94. The fourth-order valence-corrected chi connectivity index (χ4v) is 2.50. The van der Waals surface area contributed by atoms with Crippen LogP contribution in [0.2, 0.25) is 0 Å². The molecule has 0 fully saturated rings. The number of hydrogen-bond donors (Lipinski definition) is 1. The highest BCUT2D eigenvalue weighted by molar-refractivity contribution is 7.09. The first-order valence-corrected chi connectivity index (χ1v) is 6.99. The van der Waals surface area contributed by atoms with E-state index in [1.807, 2.05) is 23.3 Å². The van der Waals surface area contributed by atoms with Crippen molar-refractivity contribution < 1.29 is 4.79 Å². The van der Waals surface area contributed by atoms with Crippen molar-refractivity contribution in [3.8, 4) is 0 Å². The minimum atomic E-state index is -0.366. The Morgan fingerprint density at radius 2 is 2.17 bits per heavy atom. The van der Waals surface area contributed by atoms with E-state index in [2.05, 4.69) is 19.9 Å². The van der Waals surface area contributed by atoms with Crippen LogP contribution in [0.4, 0.5) is 0 Å². The lowest BCUT2D eigenvalue weighted by molar-refractivity contribution is -0.133. The molecule has 0 aliphatic heterocycles. The summed E-state index contributed by atoms with van der Waals surface area (Å²) in [7, 11) is 0. The van der Waals surface area contributed by atoms with Crippen LogP contribution in [0.3, 0.4) is 0 Å². The monoisotopic (exact) mass is 290 g/mol. The van der Waals surface area contributed by atoms with Crippen molar-refractivity contribution in [1.82, 2.24) is 4.90 Å². The largest absolute Gasteiger partial charge is 0.336 e. The summed E-state index contributed by atoms with van der Waals surface area (Å²) in [5.74, 6) is 0.518. The third kappa shape index (κ3) is 5.38. The highest BCUT2D eigenvalue weighted by atomic mass is 35.5. The molecular formula is C13H23ClN2OS. The van der Waals surface area contributed by atoms with Gasteiger partial charge in [-0.15, -0.1) is 23.7 Å². The van der Waals surface area contributed by atoms with Gasteiger partial charge in [0.15, 0.2) is 0 Å². The van der Waals surface area contributed by atoms with Crippen molar-refractivity contribution in [3.05, 3.63) is 22.4 Å².